The lowest BCUT2D eigenvalue weighted by Crippen LogP contribution is -2.11. The standard InChI is InChI=1S/C17H15NO2S/c19-10-9-12-5-7-13(8-6-12)18-17(20)15-11-21-16-4-2-1-3-14(15)16/h1-8,11,19H,9-10H2,(H,18,20). The number of rotatable bonds is 4. The van der Waals surface area contributed by atoms with Crippen molar-refractivity contribution in [2.45, 2.75) is 6.42 Å². The number of hydrogen-bond acceptors (Lipinski definition) is 3. The molecule has 0 saturated heterocycles. The van der Waals surface area contributed by atoms with Crippen molar-refractivity contribution < 1.29 is 9.90 Å². The molecular formula is C17H15NO2S. The summed E-state index contributed by atoms with van der Waals surface area (Å²) in [4.78, 5) is 12.4. The second-order valence-electron chi connectivity index (χ2n) is 4.77. The normalized spacial score (nSPS) is 10.7. The molecule has 0 spiro atoms. The maximum absolute atomic E-state index is 12.4. The van der Waals surface area contributed by atoms with Crippen molar-refractivity contribution in [1.29, 1.82) is 0 Å². The highest BCUT2D eigenvalue weighted by molar-refractivity contribution is 7.17. The Kier molecular flexibility index (Phi) is 3.99. The monoisotopic (exact) mass is 297 g/mol. The Hall–Kier alpha value is -2.17. The third-order valence-corrected chi connectivity index (χ3v) is 4.30. The third-order valence-electron chi connectivity index (χ3n) is 3.34. The smallest absolute Gasteiger partial charge is 0.257 e. The largest absolute Gasteiger partial charge is 0.396 e. The summed E-state index contributed by atoms with van der Waals surface area (Å²) in [6.07, 6.45) is 0.628. The molecule has 2 aromatic carbocycles. The minimum Gasteiger partial charge on any atom is -0.396 e. The average Bonchev–Trinajstić information content (AvgIpc) is 2.93. The van der Waals surface area contributed by atoms with Crippen LogP contribution in [0.25, 0.3) is 10.1 Å². The molecule has 0 radical (unpaired) electrons. The number of aliphatic hydroxyl groups excluding tert-OH is 1. The number of carbonyl (C=O) groups excluding carboxylic acids is 1. The zero-order valence-electron chi connectivity index (χ0n) is 11.4. The lowest BCUT2D eigenvalue weighted by atomic mass is 10.1. The van der Waals surface area contributed by atoms with Crippen LogP contribution in [0.15, 0.2) is 53.9 Å². The number of fused-ring (bicyclic) bond motifs is 1. The second-order valence-corrected chi connectivity index (χ2v) is 5.68. The lowest BCUT2D eigenvalue weighted by molar-refractivity contribution is 0.102. The molecule has 1 aromatic heterocycles. The first kappa shape index (κ1) is 13.8. The van der Waals surface area contributed by atoms with Gasteiger partial charge in [0.25, 0.3) is 5.91 Å². The fraction of sp³-hybridized carbons (Fsp3) is 0.118. The maximum atomic E-state index is 12.4. The summed E-state index contributed by atoms with van der Waals surface area (Å²) < 4.78 is 1.11. The van der Waals surface area contributed by atoms with Crippen molar-refractivity contribution in [3.05, 3.63) is 65.0 Å². The third kappa shape index (κ3) is 2.96. The summed E-state index contributed by atoms with van der Waals surface area (Å²) in [5, 5.41) is 14.7. The van der Waals surface area contributed by atoms with E-state index in [1.807, 2.05) is 53.9 Å². The molecule has 3 rings (SSSR count). The molecule has 0 aliphatic heterocycles. The van der Waals surface area contributed by atoms with Gasteiger partial charge in [-0.3, -0.25) is 4.79 Å². The molecule has 1 amide bonds. The number of thiophene rings is 1. The number of aliphatic hydroxyl groups is 1. The average molecular weight is 297 g/mol. The van der Waals surface area contributed by atoms with Gasteiger partial charge in [-0.1, -0.05) is 30.3 Å². The van der Waals surface area contributed by atoms with Crippen LogP contribution in [0.2, 0.25) is 0 Å². The maximum Gasteiger partial charge on any atom is 0.257 e. The first-order chi connectivity index (χ1) is 10.3. The Morgan fingerprint density at radius 2 is 1.86 bits per heavy atom. The summed E-state index contributed by atoms with van der Waals surface area (Å²) in [5.41, 5.74) is 2.52. The number of carbonyl (C=O) groups is 1. The number of amides is 1. The van der Waals surface area contributed by atoms with Crippen molar-refractivity contribution in [2.75, 3.05) is 11.9 Å². The highest BCUT2D eigenvalue weighted by Gasteiger charge is 2.11. The van der Waals surface area contributed by atoms with Crippen LogP contribution >= 0.6 is 11.3 Å². The van der Waals surface area contributed by atoms with Crippen LogP contribution in [0.1, 0.15) is 15.9 Å². The van der Waals surface area contributed by atoms with Crippen LogP contribution in [-0.4, -0.2) is 17.6 Å². The van der Waals surface area contributed by atoms with Gasteiger partial charge in [0, 0.05) is 27.8 Å². The predicted octanol–water partition coefficient (Wildman–Crippen LogP) is 3.69. The Morgan fingerprint density at radius 3 is 2.62 bits per heavy atom. The molecule has 2 N–H and O–H groups in total. The van der Waals surface area contributed by atoms with Crippen LogP contribution in [0, 0.1) is 0 Å². The highest BCUT2D eigenvalue weighted by Crippen LogP contribution is 2.26. The molecule has 21 heavy (non-hydrogen) atoms. The van der Waals surface area contributed by atoms with Crippen molar-refractivity contribution in [3.63, 3.8) is 0 Å². The Balaban J connectivity index is 1.79. The van der Waals surface area contributed by atoms with Gasteiger partial charge >= 0.3 is 0 Å². The summed E-state index contributed by atoms with van der Waals surface area (Å²) >= 11 is 1.57. The fourth-order valence-electron chi connectivity index (χ4n) is 2.24. The van der Waals surface area contributed by atoms with E-state index in [1.54, 1.807) is 11.3 Å². The molecule has 0 unspecified atom stereocenters. The first-order valence-electron chi connectivity index (χ1n) is 6.75. The molecule has 3 nitrogen and oxygen atoms in total. The highest BCUT2D eigenvalue weighted by atomic mass is 32.1. The van der Waals surface area contributed by atoms with Gasteiger partial charge in [0.1, 0.15) is 0 Å². The van der Waals surface area contributed by atoms with Crippen LogP contribution in [0.5, 0.6) is 0 Å². The van der Waals surface area contributed by atoms with E-state index in [-0.39, 0.29) is 12.5 Å². The van der Waals surface area contributed by atoms with E-state index in [0.717, 1.165) is 21.3 Å². The van der Waals surface area contributed by atoms with Crippen LogP contribution < -0.4 is 5.32 Å². The number of benzene rings is 2. The summed E-state index contributed by atoms with van der Waals surface area (Å²) in [6.45, 7) is 0.132. The quantitative estimate of drug-likeness (QED) is 0.771. The van der Waals surface area contributed by atoms with E-state index < -0.39 is 0 Å². The zero-order valence-corrected chi connectivity index (χ0v) is 12.2. The molecule has 0 fully saturated rings. The van der Waals surface area contributed by atoms with E-state index in [2.05, 4.69) is 5.32 Å². The summed E-state index contributed by atoms with van der Waals surface area (Å²) in [5.74, 6) is -0.0950. The van der Waals surface area contributed by atoms with Gasteiger partial charge in [-0.2, -0.15) is 0 Å². The fourth-order valence-corrected chi connectivity index (χ4v) is 3.18. The van der Waals surface area contributed by atoms with E-state index in [0.29, 0.717) is 12.0 Å². The van der Waals surface area contributed by atoms with E-state index >= 15 is 0 Å². The molecular weight excluding hydrogens is 282 g/mol. The molecule has 0 aliphatic carbocycles. The Morgan fingerprint density at radius 1 is 1.10 bits per heavy atom. The van der Waals surface area contributed by atoms with Crippen LogP contribution in [0.4, 0.5) is 5.69 Å². The van der Waals surface area contributed by atoms with Crippen molar-refractivity contribution in [3.8, 4) is 0 Å². The molecule has 3 aromatic rings. The van der Waals surface area contributed by atoms with Crippen LogP contribution in [-0.2, 0) is 6.42 Å². The predicted molar refractivity (Wildman–Crippen MR) is 87.0 cm³/mol. The summed E-state index contributed by atoms with van der Waals surface area (Å²) in [7, 11) is 0. The van der Waals surface area contributed by atoms with Gasteiger partial charge < -0.3 is 10.4 Å². The van der Waals surface area contributed by atoms with Crippen molar-refractivity contribution in [1.82, 2.24) is 0 Å². The van der Waals surface area contributed by atoms with Gasteiger partial charge in [0.05, 0.1) is 5.56 Å². The first-order valence-corrected chi connectivity index (χ1v) is 7.63. The molecule has 0 bridgehead atoms. The summed E-state index contributed by atoms with van der Waals surface area (Å²) in [6, 6.07) is 15.4. The molecule has 0 atom stereocenters. The molecule has 4 heteroatoms. The van der Waals surface area contributed by atoms with Gasteiger partial charge in [-0.05, 0) is 30.2 Å². The SMILES string of the molecule is O=C(Nc1ccc(CCO)cc1)c1csc2ccccc12. The number of anilines is 1. The van der Waals surface area contributed by atoms with E-state index in [9.17, 15) is 4.79 Å². The number of hydrogen-bond donors (Lipinski definition) is 2. The Bertz CT molecular complexity index is 762. The molecule has 1 heterocycles. The van der Waals surface area contributed by atoms with E-state index in [1.165, 1.54) is 0 Å². The Labute approximate surface area is 126 Å². The van der Waals surface area contributed by atoms with Crippen molar-refractivity contribution >= 4 is 33.0 Å². The van der Waals surface area contributed by atoms with Gasteiger partial charge in [-0.25, -0.2) is 0 Å². The van der Waals surface area contributed by atoms with Gasteiger partial charge in [0.2, 0.25) is 0 Å². The van der Waals surface area contributed by atoms with Gasteiger partial charge in [-0.15, -0.1) is 11.3 Å². The van der Waals surface area contributed by atoms with Crippen molar-refractivity contribution in [2.24, 2.45) is 0 Å². The molecule has 0 aliphatic rings. The minimum atomic E-state index is -0.0950. The molecule has 106 valence electrons. The van der Waals surface area contributed by atoms with Crippen LogP contribution in [0.3, 0.4) is 0 Å². The second kappa shape index (κ2) is 6.08. The molecule has 0 saturated carbocycles. The van der Waals surface area contributed by atoms with E-state index in [4.69, 9.17) is 5.11 Å². The van der Waals surface area contributed by atoms with Gasteiger partial charge in [0.15, 0.2) is 0 Å². The topological polar surface area (TPSA) is 49.3 Å². The number of nitrogens with one attached hydrogen (secondary N) is 1. The lowest BCUT2D eigenvalue weighted by Gasteiger charge is -2.05. The zero-order chi connectivity index (χ0) is 14.7. The minimum absolute atomic E-state index is 0.0950.